The topological polar surface area (TPSA) is 78.6 Å². The first-order chi connectivity index (χ1) is 12.0. The summed E-state index contributed by atoms with van der Waals surface area (Å²) in [7, 11) is -3.75. The normalized spacial score (nSPS) is 11.8. The molecule has 0 amide bonds. The van der Waals surface area contributed by atoms with Crippen molar-refractivity contribution >= 4 is 54.6 Å². The smallest absolute Gasteiger partial charge is 0.238 e. The predicted molar refractivity (Wildman–Crippen MR) is 104 cm³/mol. The molecule has 0 aliphatic heterocycles. The Hall–Kier alpha value is -0.730. The van der Waals surface area contributed by atoms with Gasteiger partial charge in [0.25, 0.3) is 0 Å². The lowest BCUT2D eigenvalue weighted by Crippen LogP contribution is -2.11. The van der Waals surface area contributed by atoms with Gasteiger partial charge >= 0.3 is 0 Å². The third-order valence-electron chi connectivity index (χ3n) is 3.45. The van der Waals surface area contributed by atoms with Gasteiger partial charge in [0.1, 0.15) is 0 Å². The van der Waals surface area contributed by atoms with Crippen molar-refractivity contribution in [2.75, 3.05) is 25.0 Å². The van der Waals surface area contributed by atoms with E-state index in [-0.39, 0.29) is 4.90 Å². The number of unbranched alkanes of at least 4 members (excludes halogenated alkanes) is 2. The van der Waals surface area contributed by atoms with Gasteiger partial charge in [0.05, 0.1) is 18.1 Å². The first-order valence-corrected chi connectivity index (χ1v) is 11.4. The van der Waals surface area contributed by atoms with E-state index in [2.05, 4.69) is 0 Å². The van der Waals surface area contributed by atoms with Gasteiger partial charge in [-0.25, -0.2) is 13.6 Å². The van der Waals surface area contributed by atoms with Gasteiger partial charge < -0.3 is 9.47 Å². The number of hydrogen-bond donors (Lipinski definition) is 1. The summed E-state index contributed by atoms with van der Waals surface area (Å²) < 4.78 is 35.6. The lowest BCUT2D eigenvalue weighted by atomic mass is 10.2. The molecule has 1 heterocycles. The van der Waals surface area contributed by atoms with E-state index in [0.717, 1.165) is 35.8 Å². The summed E-state index contributed by atoms with van der Waals surface area (Å²) in [5, 5.41) is 6.67. The van der Waals surface area contributed by atoms with E-state index in [1.54, 1.807) is 12.1 Å². The van der Waals surface area contributed by atoms with Gasteiger partial charge in [-0.1, -0.05) is 11.3 Å². The molecular formula is C16H21Cl2NO4S2. The molecule has 2 rings (SSSR count). The molecule has 140 valence electrons. The van der Waals surface area contributed by atoms with Gasteiger partial charge in [0, 0.05) is 21.8 Å². The van der Waals surface area contributed by atoms with Crippen LogP contribution in [0.3, 0.4) is 0 Å². The highest BCUT2D eigenvalue weighted by atomic mass is 35.5. The second kappa shape index (κ2) is 9.83. The van der Waals surface area contributed by atoms with E-state index in [1.165, 1.54) is 17.4 Å². The molecule has 0 atom stereocenters. The van der Waals surface area contributed by atoms with Crippen LogP contribution in [0.1, 0.15) is 25.7 Å². The highest BCUT2D eigenvalue weighted by molar-refractivity contribution is 7.89. The lowest BCUT2D eigenvalue weighted by molar-refractivity contribution is 0.271. The van der Waals surface area contributed by atoms with Gasteiger partial charge in [0.15, 0.2) is 5.75 Å². The number of alkyl halides is 2. The molecule has 0 bridgehead atoms. The van der Waals surface area contributed by atoms with E-state index >= 15 is 0 Å². The molecule has 0 saturated carbocycles. The number of sulfonamides is 1. The third-order valence-corrected chi connectivity index (χ3v) is 5.94. The number of fused-ring (bicyclic) bond motifs is 1. The van der Waals surface area contributed by atoms with Crippen LogP contribution >= 0.6 is 34.5 Å². The average Bonchev–Trinajstić information content (AvgIpc) is 2.91. The quantitative estimate of drug-likeness (QED) is 0.428. The van der Waals surface area contributed by atoms with Gasteiger partial charge in [-0.3, -0.25) is 0 Å². The Morgan fingerprint density at radius 3 is 2.24 bits per heavy atom. The first kappa shape index (κ1) is 20.6. The summed E-state index contributed by atoms with van der Waals surface area (Å²) in [5.74, 6) is 1.82. The van der Waals surface area contributed by atoms with Crippen LogP contribution in [-0.2, 0) is 10.0 Å². The molecule has 0 aliphatic rings. The number of benzene rings is 1. The van der Waals surface area contributed by atoms with Crippen molar-refractivity contribution in [2.24, 2.45) is 5.14 Å². The molecule has 25 heavy (non-hydrogen) atoms. The van der Waals surface area contributed by atoms with Crippen molar-refractivity contribution in [1.29, 1.82) is 0 Å². The SMILES string of the molecule is NS(=O)(=O)c1ccc2c(OCCCCCl)c(OCCCCCl)sc2c1. The molecule has 0 unspecified atom stereocenters. The number of nitrogens with two attached hydrogens (primary N) is 1. The van der Waals surface area contributed by atoms with Gasteiger partial charge in [0.2, 0.25) is 15.1 Å². The first-order valence-electron chi connectivity index (χ1n) is 7.94. The maximum Gasteiger partial charge on any atom is 0.238 e. The molecule has 0 saturated heterocycles. The van der Waals surface area contributed by atoms with Gasteiger partial charge in [-0.2, -0.15) is 0 Å². The van der Waals surface area contributed by atoms with Crippen molar-refractivity contribution in [3.05, 3.63) is 18.2 Å². The molecule has 0 radical (unpaired) electrons. The van der Waals surface area contributed by atoms with Crippen molar-refractivity contribution in [1.82, 2.24) is 0 Å². The summed E-state index contributed by atoms with van der Waals surface area (Å²) in [5.41, 5.74) is 0. The molecule has 9 heteroatoms. The fourth-order valence-corrected chi connectivity index (χ4v) is 4.22. The number of halogens is 2. The summed E-state index contributed by atoms with van der Waals surface area (Å²) in [6.07, 6.45) is 3.41. The standard InChI is InChI=1S/C16H21Cl2NO4S2/c17-7-1-3-9-22-15-13-6-5-12(25(19,20)21)11-14(13)24-16(15)23-10-4-2-8-18/h5-6,11H,1-4,7-10H2,(H2,19,20,21). The van der Waals surface area contributed by atoms with Crippen molar-refractivity contribution in [3.8, 4) is 10.8 Å². The van der Waals surface area contributed by atoms with E-state index in [9.17, 15) is 8.42 Å². The molecule has 0 fully saturated rings. The van der Waals surface area contributed by atoms with Crippen LogP contribution in [0.4, 0.5) is 0 Å². The fraction of sp³-hybridized carbons (Fsp3) is 0.500. The number of rotatable bonds is 11. The van der Waals surface area contributed by atoms with Crippen molar-refractivity contribution in [2.45, 2.75) is 30.6 Å². The van der Waals surface area contributed by atoms with Crippen LogP contribution in [0.25, 0.3) is 10.1 Å². The predicted octanol–water partition coefficient (Wildman–Crippen LogP) is 4.34. The highest BCUT2D eigenvalue weighted by Crippen LogP contribution is 2.45. The van der Waals surface area contributed by atoms with Crippen LogP contribution < -0.4 is 14.6 Å². The summed E-state index contributed by atoms with van der Waals surface area (Å²) in [6.45, 7) is 1.05. The van der Waals surface area contributed by atoms with E-state index in [4.69, 9.17) is 37.8 Å². The molecule has 1 aromatic carbocycles. The zero-order chi connectivity index (χ0) is 18.3. The average molecular weight is 426 g/mol. The van der Waals surface area contributed by atoms with Gasteiger partial charge in [-0.05, 0) is 43.9 Å². The maximum absolute atomic E-state index is 11.6. The maximum atomic E-state index is 11.6. The number of hydrogen-bond acceptors (Lipinski definition) is 5. The highest BCUT2D eigenvalue weighted by Gasteiger charge is 2.18. The molecule has 0 aliphatic carbocycles. The largest absolute Gasteiger partial charge is 0.488 e. The Morgan fingerprint density at radius 2 is 1.64 bits per heavy atom. The van der Waals surface area contributed by atoms with Crippen LogP contribution in [0, 0.1) is 0 Å². The van der Waals surface area contributed by atoms with Gasteiger partial charge in [-0.15, -0.1) is 23.2 Å². The minimum absolute atomic E-state index is 0.0728. The Morgan fingerprint density at radius 1 is 1.00 bits per heavy atom. The zero-order valence-electron chi connectivity index (χ0n) is 13.7. The number of thiophene rings is 1. The third kappa shape index (κ3) is 5.89. The van der Waals surface area contributed by atoms with E-state index < -0.39 is 10.0 Å². The van der Waals surface area contributed by atoms with E-state index in [0.29, 0.717) is 35.8 Å². The molecule has 2 aromatic rings. The minimum Gasteiger partial charge on any atom is -0.488 e. The zero-order valence-corrected chi connectivity index (χ0v) is 16.8. The van der Waals surface area contributed by atoms with Crippen molar-refractivity contribution in [3.63, 3.8) is 0 Å². The lowest BCUT2D eigenvalue weighted by Gasteiger charge is -2.09. The Bertz CT molecular complexity index is 793. The molecule has 0 spiro atoms. The van der Waals surface area contributed by atoms with Crippen molar-refractivity contribution < 1.29 is 17.9 Å². The van der Waals surface area contributed by atoms with E-state index in [1.807, 2.05) is 0 Å². The minimum atomic E-state index is -3.75. The fourth-order valence-electron chi connectivity index (χ4n) is 2.17. The number of primary sulfonamides is 1. The molecule has 5 nitrogen and oxygen atoms in total. The second-order valence-electron chi connectivity index (χ2n) is 5.41. The summed E-state index contributed by atoms with van der Waals surface area (Å²) in [4.78, 5) is 0.0728. The van der Waals surface area contributed by atoms with Crippen LogP contribution in [0.15, 0.2) is 23.1 Å². The summed E-state index contributed by atoms with van der Waals surface area (Å²) >= 11 is 12.7. The molecular weight excluding hydrogens is 405 g/mol. The second-order valence-corrected chi connectivity index (χ2v) is 8.74. The number of ether oxygens (including phenoxy) is 2. The van der Waals surface area contributed by atoms with Crippen LogP contribution in [-0.4, -0.2) is 33.4 Å². The Labute approximate surface area is 162 Å². The molecule has 1 aromatic heterocycles. The Kier molecular flexibility index (Phi) is 8.09. The van der Waals surface area contributed by atoms with Crippen LogP contribution in [0.2, 0.25) is 0 Å². The summed E-state index contributed by atoms with van der Waals surface area (Å²) in [6, 6.07) is 4.73. The Balaban J connectivity index is 2.27. The monoisotopic (exact) mass is 425 g/mol. The molecule has 2 N–H and O–H groups in total. The van der Waals surface area contributed by atoms with Crippen LogP contribution in [0.5, 0.6) is 10.8 Å².